The van der Waals surface area contributed by atoms with Gasteiger partial charge in [0.25, 0.3) is 0 Å². The fraction of sp³-hybridized carbons (Fsp3) is 0.588. The minimum atomic E-state index is -3.55. The lowest BCUT2D eigenvalue weighted by atomic mass is 9.84. The van der Waals surface area contributed by atoms with Crippen molar-refractivity contribution in [3.8, 4) is 5.75 Å². The van der Waals surface area contributed by atoms with Crippen molar-refractivity contribution < 1.29 is 17.4 Å². The highest BCUT2D eigenvalue weighted by atomic mass is 32.2. The molecule has 5 nitrogen and oxygen atoms in total. The summed E-state index contributed by atoms with van der Waals surface area (Å²) in [6.45, 7) is 4.59. The molecule has 1 aliphatic carbocycles. The Labute approximate surface area is 138 Å². The summed E-state index contributed by atoms with van der Waals surface area (Å²) in [6.07, 6.45) is 4.98. The zero-order valence-electron chi connectivity index (χ0n) is 14.0. The molecule has 0 spiro atoms. The zero-order chi connectivity index (χ0) is 17.0. The van der Waals surface area contributed by atoms with Gasteiger partial charge >= 0.3 is 10.1 Å². The molecule has 2 rings (SSSR count). The van der Waals surface area contributed by atoms with Crippen LogP contribution in [0.2, 0.25) is 0 Å². The van der Waals surface area contributed by atoms with Crippen LogP contribution in [-0.4, -0.2) is 31.5 Å². The molecule has 0 radical (unpaired) electrons. The summed E-state index contributed by atoms with van der Waals surface area (Å²) in [4.78, 5) is 14.5. The van der Waals surface area contributed by atoms with Crippen molar-refractivity contribution in [2.24, 2.45) is 5.92 Å². The number of carbonyl (C=O) groups excluding carboxylic acids is 1. The van der Waals surface area contributed by atoms with E-state index in [0.717, 1.165) is 37.5 Å². The van der Waals surface area contributed by atoms with Gasteiger partial charge in [-0.2, -0.15) is 8.42 Å². The SMILES string of the molecule is CCC(C)N(Cc1cccc(OS(C)(=O)=O)c1)C(=O)C1CCC1. The summed E-state index contributed by atoms with van der Waals surface area (Å²) >= 11 is 0. The highest BCUT2D eigenvalue weighted by Crippen LogP contribution is 2.30. The van der Waals surface area contributed by atoms with Crippen molar-refractivity contribution in [1.82, 2.24) is 4.90 Å². The second-order valence-electron chi connectivity index (χ2n) is 6.29. The van der Waals surface area contributed by atoms with Gasteiger partial charge in [-0.05, 0) is 43.9 Å². The van der Waals surface area contributed by atoms with Crippen LogP contribution in [0.25, 0.3) is 0 Å². The van der Waals surface area contributed by atoms with E-state index in [1.165, 1.54) is 0 Å². The lowest BCUT2D eigenvalue weighted by molar-refractivity contribution is -0.141. The zero-order valence-corrected chi connectivity index (χ0v) is 14.8. The van der Waals surface area contributed by atoms with Gasteiger partial charge < -0.3 is 9.08 Å². The summed E-state index contributed by atoms with van der Waals surface area (Å²) in [5, 5.41) is 0. The van der Waals surface area contributed by atoms with E-state index in [9.17, 15) is 13.2 Å². The smallest absolute Gasteiger partial charge is 0.306 e. The topological polar surface area (TPSA) is 63.7 Å². The number of hydrogen-bond donors (Lipinski definition) is 0. The van der Waals surface area contributed by atoms with E-state index in [0.29, 0.717) is 6.54 Å². The Balaban J connectivity index is 2.15. The van der Waals surface area contributed by atoms with Crippen molar-refractivity contribution in [2.75, 3.05) is 6.26 Å². The molecule has 128 valence electrons. The fourth-order valence-corrected chi connectivity index (χ4v) is 3.08. The summed E-state index contributed by atoms with van der Waals surface area (Å²) in [5.74, 6) is 0.643. The largest absolute Gasteiger partial charge is 0.383 e. The Hall–Kier alpha value is -1.56. The van der Waals surface area contributed by atoms with Gasteiger partial charge in [0.1, 0.15) is 5.75 Å². The third-order valence-corrected chi connectivity index (χ3v) is 4.85. The van der Waals surface area contributed by atoms with Gasteiger partial charge in [-0.3, -0.25) is 4.79 Å². The molecule has 1 aliphatic rings. The Morgan fingerprint density at radius 2 is 2.09 bits per heavy atom. The van der Waals surface area contributed by atoms with Crippen LogP contribution < -0.4 is 4.18 Å². The van der Waals surface area contributed by atoms with Crippen LogP contribution in [0.5, 0.6) is 5.75 Å². The van der Waals surface area contributed by atoms with E-state index < -0.39 is 10.1 Å². The van der Waals surface area contributed by atoms with E-state index >= 15 is 0 Å². The minimum absolute atomic E-state index is 0.152. The number of hydrogen-bond acceptors (Lipinski definition) is 4. The van der Waals surface area contributed by atoms with Gasteiger partial charge in [0, 0.05) is 18.5 Å². The molecule has 1 aromatic rings. The fourth-order valence-electron chi connectivity index (χ4n) is 2.63. The van der Waals surface area contributed by atoms with Crippen molar-refractivity contribution in [2.45, 2.75) is 52.1 Å². The van der Waals surface area contributed by atoms with Gasteiger partial charge in [-0.15, -0.1) is 0 Å². The molecular formula is C17H25NO4S. The number of benzene rings is 1. The number of rotatable bonds is 7. The molecular weight excluding hydrogens is 314 g/mol. The Morgan fingerprint density at radius 3 is 2.61 bits per heavy atom. The quantitative estimate of drug-likeness (QED) is 0.717. The van der Waals surface area contributed by atoms with Crippen molar-refractivity contribution in [3.63, 3.8) is 0 Å². The molecule has 0 N–H and O–H groups in total. The summed E-state index contributed by atoms with van der Waals surface area (Å²) in [6, 6.07) is 7.08. The summed E-state index contributed by atoms with van der Waals surface area (Å²) in [5.41, 5.74) is 0.874. The van der Waals surface area contributed by atoms with Gasteiger partial charge in [-0.25, -0.2) is 0 Å². The van der Waals surface area contributed by atoms with E-state index in [1.54, 1.807) is 18.2 Å². The van der Waals surface area contributed by atoms with Crippen LogP contribution in [0.4, 0.5) is 0 Å². The maximum Gasteiger partial charge on any atom is 0.306 e. The van der Waals surface area contributed by atoms with Gasteiger partial charge in [-0.1, -0.05) is 25.5 Å². The highest BCUT2D eigenvalue weighted by molar-refractivity contribution is 7.86. The molecule has 6 heteroatoms. The first kappa shape index (κ1) is 17.8. The Kier molecular flexibility index (Phi) is 5.68. The first-order valence-electron chi connectivity index (χ1n) is 8.09. The molecule has 1 saturated carbocycles. The molecule has 1 fully saturated rings. The molecule has 0 aromatic heterocycles. The average molecular weight is 339 g/mol. The van der Waals surface area contributed by atoms with Gasteiger partial charge in [0.15, 0.2) is 0 Å². The van der Waals surface area contributed by atoms with Crippen LogP contribution in [0, 0.1) is 5.92 Å². The molecule has 1 aromatic carbocycles. The first-order chi connectivity index (χ1) is 10.8. The van der Waals surface area contributed by atoms with Crippen LogP contribution in [0.15, 0.2) is 24.3 Å². The predicted octanol–water partition coefficient (Wildman–Crippen LogP) is 2.95. The van der Waals surface area contributed by atoms with Crippen molar-refractivity contribution >= 4 is 16.0 Å². The van der Waals surface area contributed by atoms with Crippen LogP contribution in [0.1, 0.15) is 45.1 Å². The molecule has 0 bridgehead atoms. The monoisotopic (exact) mass is 339 g/mol. The van der Waals surface area contributed by atoms with Crippen molar-refractivity contribution in [1.29, 1.82) is 0 Å². The Bertz CT molecular complexity index is 652. The lowest BCUT2D eigenvalue weighted by Gasteiger charge is -2.35. The van der Waals surface area contributed by atoms with Crippen LogP contribution >= 0.6 is 0 Å². The van der Waals surface area contributed by atoms with E-state index in [1.807, 2.05) is 17.9 Å². The summed E-state index contributed by atoms with van der Waals surface area (Å²) in [7, 11) is -3.55. The van der Waals surface area contributed by atoms with Gasteiger partial charge in [0.2, 0.25) is 5.91 Å². The summed E-state index contributed by atoms with van der Waals surface area (Å²) < 4.78 is 27.4. The maximum absolute atomic E-state index is 12.6. The molecule has 0 aliphatic heterocycles. The van der Waals surface area contributed by atoms with E-state index in [2.05, 4.69) is 6.92 Å². The standard InChI is InChI=1S/C17H25NO4S/c1-4-13(2)18(17(19)15-8-6-9-15)12-14-7-5-10-16(11-14)22-23(3,20)21/h5,7,10-11,13,15H,4,6,8-9,12H2,1-3H3. The third-order valence-electron chi connectivity index (χ3n) is 4.36. The predicted molar refractivity (Wildman–Crippen MR) is 89.6 cm³/mol. The maximum atomic E-state index is 12.6. The second kappa shape index (κ2) is 7.34. The molecule has 1 unspecified atom stereocenters. The molecule has 0 saturated heterocycles. The number of nitrogens with zero attached hydrogens (tertiary/aromatic N) is 1. The number of carbonyl (C=O) groups is 1. The molecule has 0 heterocycles. The minimum Gasteiger partial charge on any atom is -0.383 e. The van der Waals surface area contributed by atoms with Gasteiger partial charge in [0.05, 0.1) is 6.26 Å². The third kappa shape index (κ3) is 4.96. The number of amides is 1. The first-order valence-corrected chi connectivity index (χ1v) is 9.90. The Morgan fingerprint density at radius 1 is 1.39 bits per heavy atom. The normalized spacial score (nSPS) is 16.5. The lowest BCUT2D eigenvalue weighted by Crippen LogP contribution is -2.43. The highest BCUT2D eigenvalue weighted by Gasteiger charge is 2.31. The van der Waals surface area contributed by atoms with E-state index in [-0.39, 0.29) is 23.6 Å². The average Bonchev–Trinajstić information content (AvgIpc) is 2.40. The molecule has 1 amide bonds. The van der Waals surface area contributed by atoms with Crippen LogP contribution in [0.3, 0.4) is 0 Å². The molecule has 23 heavy (non-hydrogen) atoms. The van der Waals surface area contributed by atoms with E-state index in [4.69, 9.17) is 4.18 Å². The molecule has 1 atom stereocenters. The van der Waals surface area contributed by atoms with Crippen LogP contribution in [-0.2, 0) is 21.5 Å². The second-order valence-corrected chi connectivity index (χ2v) is 7.86. The van der Waals surface area contributed by atoms with Crippen molar-refractivity contribution in [3.05, 3.63) is 29.8 Å².